The van der Waals surface area contributed by atoms with Crippen LogP contribution in [0.25, 0.3) is 0 Å². The second-order valence-corrected chi connectivity index (χ2v) is 7.50. The number of carbonyl (C=O) groups excluding carboxylic acids is 3. The number of carbonyl (C=O) groups is 3. The molecule has 8 nitrogen and oxygen atoms in total. The van der Waals surface area contributed by atoms with Gasteiger partial charge < -0.3 is 19.9 Å². The van der Waals surface area contributed by atoms with Gasteiger partial charge >= 0.3 is 0 Å². The second kappa shape index (κ2) is 6.88. The lowest BCUT2D eigenvalue weighted by atomic mass is 9.84. The Morgan fingerprint density at radius 2 is 1.93 bits per heavy atom. The van der Waals surface area contributed by atoms with Gasteiger partial charge in [-0.1, -0.05) is 18.2 Å². The number of para-hydroxylation sites is 1. The van der Waals surface area contributed by atoms with E-state index >= 15 is 0 Å². The summed E-state index contributed by atoms with van der Waals surface area (Å²) in [5.41, 5.74) is 7.13. The molecule has 150 valence electrons. The van der Waals surface area contributed by atoms with Gasteiger partial charge in [-0.05, 0) is 25.0 Å². The molecule has 0 saturated heterocycles. The van der Waals surface area contributed by atoms with Crippen LogP contribution in [-0.4, -0.2) is 34.8 Å². The highest BCUT2D eigenvalue weighted by atomic mass is 16.5. The molecule has 1 aromatic heterocycles. The fourth-order valence-corrected chi connectivity index (χ4v) is 4.05. The number of ketones is 1. The number of Topliss-reactive ketones (excluding diaryl/α,β-unsaturated/α-hetero) is 1. The van der Waals surface area contributed by atoms with Gasteiger partial charge in [0.15, 0.2) is 5.78 Å². The van der Waals surface area contributed by atoms with E-state index in [4.69, 9.17) is 10.5 Å². The Hall–Kier alpha value is -3.42. The van der Waals surface area contributed by atoms with E-state index in [2.05, 4.69) is 0 Å². The molecule has 0 aliphatic carbocycles. The van der Waals surface area contributed by atoms with Crippen molar-refractivity contribution in [3.05, 3.63) is 57.5 Å². The molecule has 4 rings (SSSR count). The molecule has 1 aromatic carbocycles. The van der Waals surface area contributed by atoms with E-state index in [1.807, 2.05) is 12.1 Å². The van der Waals surface area contributed by atoms with Crippen LogP contribution in [0.2, 0.25) is 0 Å². The molecule has 2 aliphatic heterocycles. The Balaban J connectivity index is 1.72. The number of rotatable bonds is 3. The minimum atomic E-state index is -0.724. The molecule has 0 fully saturated rings. The van der Waals surface area contributed by atoms with Crippen molar-refractivity contribution in [1.29, 1.82) is 0 Å². The van der Waals surface area contributed by atoms with Gasteiger partial charge in [0, 0.05) is 30.9 Å². The Labute approximate surface area is 166 Å². The van der Waals surface area contributed by atoms with Gasteiger partial charge in [0.25, 0.3) is 5.56 Å². The Kier molecular flexibility index (Phi) is 4.49. The zero-order chi connectivity index (χ0) is 20.9. The summed E-state index contributed by atoms with van der Waals surface area (Å²) in [4.78, 5) is 51.3. The number of nitrogens with two attached hydrogens (primary N) is 1. The van der Waals surface area contributed by atoms with Crippen molar-refractivity contribution in [3.8, 4) is 5.75 Å². The normalized spacial score (nSPS) is 20.7. The molecule has 29 heavy (non-hydrogen) atoms. The Bertz CT molecular complexity index is 1100. The number of hydrogen-bond acceptors (Lipinski definition) is 5. The summed E-state index contributed by atoms with van der Waals surface area (Å²) in [5, 5.41) is 0. The summed E-state index contributed by atoms with van der Waals surface area (Å²) in [6.45, 7) is 1.50. The average molecular weight is 395 g/mol. The van der Waals surface area contributed by atoms with Crippen molar-refractivity contribution in [2.75, 3.05) is 11.4 Å². The number of aromatic nitrogens is 1. The number of ether oxygens (including phenoxy) is 1. The average Bonchev–Trinajstić information content (AvgIpc) is 2.67. The van der Waals surface area contributed by atoms with E-state index in [9.17, 15) is 19.2 Å². The minimum Gasteiger partial charge on any atom is -0.488 e. The van der Waals surface area contributed by atoms with Crippen molar-refractivity contribution in [3.63, 3.8) is 0 Å². The minimum absolute atomic E-state index is 0.0204. The molecule has 2 N–H and O–H groups in total. The monoisotopic (exact) mass is 395 g/mol. The van der Waals surface area contributed by atoms with Crippen LogP contribution in [-0.2, 0) is 23.1 Å². The number of nitrogens with zero attached hydrogens (tertiary/aromatic N) is 2. The summed E-state index contributed by atoms with van der Waals surface area (Å²) in [6.07, 6.45) is -0.423. The molecule has 2 aromatic rings. The number of anilines is 1. The summed E-state index contributed by atoms with van der Waals surface area (Å²) in [5.74, 6) is -1.74. The molecule has 2 amide bonds. The highest BCUT2D eigenvalue weighted by Gasteiger charge is 2.43. The first-order chi connectivity index (χ1) is 13.8. The lowest BCUT2D eigenvalue weighted by Gasteiger charge is -2.38. The Morgan fingerprint density at radius 1 is 1.21 bits per heavy atom. The van der Waals surface area contributed by atoms with Gasteiger partial charge in [0.1, 0.15) is 24.0 Å². The fraction of sp³-hybridized carbons (Fsp3) is 0.333. The van der Waals surface area contributed by atoms with Gasteiger partial charge in [0.2, 0.25) is 11.8 Å². The maximum absolute atomic E-state index is 13.2. The third-order valence-electron chi connectivity index (χ3n) is 5.65. The predicted molar refractivity (Wildman–Crippen MR) is 105 cm³/mol. The number of benzene rings is 1. The number of hydrogen-bond donors (Lipinski definition) is 1. The maximum Gasteiger partial charge on any atom is 0.265 e. The van der Waals surface area contributed by atoms with E-state index < -0.39 is 23.5 Å². The van der Waals surface area contributed by atoms with Crippen LogP contribution in [0.15, 0.2) is 35.1 Å². The SMILES string of the molecule is Cc1cc2c(c(=O)n1C)C(=O)CC(C1Cc3ccccc3N(CC(N)=O)C1=O)O2. The van der Waals surface area contributed by atoms with Crippen LogP contribution in [0.1, 0.15) is 28.0 Å². The summed E-state index contributed by atoms with van der Waals surface area (Å²) in [7, 11) is 1.60. The molecular weight excluding hydrogens is 374 g/mol. The Morgan fingerprint density at radius 3 is 2.66 bits per heavy atom. The smallest absolute Gasteiger partial charge is 0.265 e. The summed E-state index contributed by atoms with van der Waals surface area (Å²) in [6, 6.07) is 8.92. The quantitative estimate of drug-likeness (QED) is 0.823. The van der Waals surface area contributed by atoms with Gasteiger partial charge in [0.05, 0.1) is 5.92 Å². The van der Waals surface area contributed by atoms with Crippen LogP contribution in [0, 0.1) is 12.8 Å². The molecule has 2 atom stereocenters. The van der Waals surface area contributed by atoms with Gasteiger partial charge in [-0.15, -0.1) is 0 Å². The third-order valence-corrected chi connectivity index (χ3v) is 5.65. The van der Waals surface area contributed by atoms with E-state index in [0.29, 0.717) is 17.8 Å². The van der Waals surface area contributed by atoms with Crippen molar-refractivity contribution >= 4 is 23.3 Å². The van der Waals surface area contributed by atoms with E-state index in [1.165, 1.54) is 9.47 Å². The van der Waals surface area contributed by atoms with Crippen LogP contribution < -0.4 is 20.9 Å². The van der Waals surface area contributed by atoms with Crippen molar-refractivity contribution in [2.45, 2.75) is 25.9 Å². The molecule has 2 aliphatic rings. The molecule has 8 heteroatoms. The van der Waals surface area contributed by atoms with Gasteiger partial charge in [-0.2, -0.15) is 0 Å². The molecular formula is C21H21N3O5. The highest BCUT2D eigenvalue weighted by Crippen LogP contribution is 2.36. The number of fused-ring (bicyclic) bond motifs is 2. The maximum atomic E-state index is 13.2. The summed E-state index contributed by atoms with van der Waals surface area (Å²) >= 11 is 0. The van der Waals surface area contributed by atoms with E-state index in [0.717, 1.165) is 5.56 Å². The van der Waals surface area contributed by atoms with Crippen LogP contribution in [0.3, 0.4) is 0 Å². The van der Waals surface area contributed by atoms with E-state index in [1.54, 1.807) is 32.2 Å². The van der Waals surface area contributed by atoms with Gasteiger partial charge in [-0.25, -0.2) is 0 Å². The second-order valence-electron chi connectivity index (χ2n) is 7.50. The van der Waals surface area contributed by atoms with E-state index in [-0.39, 0.29) is 36.0 Å². The first-order valence-corrected chi connectivity index (χ1v) is 9.36. The molecule has 0 radical (unpaired) electrons. The zero-order valence-corrected chi connectivity index (χ0v) is 16.2. The fourth-order valence-electron chi connectivity index (χ4n) is 4.05. The zero-order valence-electron chi connectivity index (χ0n) is 16.2. The van der Waals surface area contributed by atoms with Crippen molar-refractivity contribution < 1.29 is 19.1 Å². The van der Waals surface area contributed by atoms with Crippen LogP contribution in [0.5, 0.6) is 5.75 Å². The highest BCUT2D eigenvalue weighted by molar-refractivity contribution is 6.04. The molecule has 0 spiro atoms. The van der Waals surface area contributed by atoms with Crippen LogP contribution in [0.4, 0.5) is 5.69 Å². The standard InChI is InChI=1S/C21H21N3O5/c1-11-7-17-19(21(28)23(11)2)15(25)9-16(29-17)13-8-12-5-3-4-6-14(12)24(20(13)27)10-18(22)26/h3-7,13,16H,8-10H2,1-2H3,(H2,22,26). The molecule has 2 unspecified atom stereocenters. The topological polar surface area (TPSA) is 112 Å². The summed E-state index contributed by atoms with van der Waals surface area (Å²) < 4.78 is 7.40. The number of primary amides is 1. The van der Waals surface area contributed by atoms with Crippen molar-refractivity contribution in [1.82, 2.24) is 4.57 Å². The first-order valence-electron chi connectivity index (χ1n) is 9.36. The van der Waals surface area contributed by atoms with Crippen LogP contribution >= 0.6 is 0 Å². The molecule has 0 saturated carbocycles. The lowest BCUT2D eigenvalue weighted by molar-refractivity contribution is -0.127. The lowest BCUT2D eigenvalue weighted by Crippen LogP contribution is -2.51. The predicted octanol–water partition coefficient (Wildman–Crippen LogP) is 0.718. The largest absolute Gasteiger partial charge is 0.488 e. The van der Waals surface area contributed by atoms with Gasteiger partial charge in [-0.3, -0.25) is 19.2 Å². The first kappa shape index (κ1) is 18.9. The molecule has 3 heterocycles. The molecule has 0 bridgehead atoms. The number of pyridine rings is 1. The third kappa shape index (κ3) is 3.10. The van der Waals surface area contributed by atoms with Crippen molar-refractivity contribution in [2.24, 2.45) is 18.7 Å². The number of aryl methyl sites for hydroxylation is 1. The number of amides is 2.